The van der Waals surface area contributed by atoms with E-state index in [2.05, 4.69) is 21.2 Å². The average molecular weight is 617 g/mol. The number of aryl methyl sites for hydroxylation is 2. The molecule has 0 aliphatic rings. The normalized spacial score (nSPS) is 11.9. The van der Waals surface area contributed by atoms with Crippen LogP contribution in [0.2, 0.25) is 0 Å². The zero-order chi connectivity index (χ0) is 28.7. The second-order valence-electron chi connectivity index (χ2n) is 9.19. The number of methoxy groups -OCH3 is 1. The highest BCUT2D eigenvalue weighted by Crippen LogP contribution is 2.31. The van der Waals surface area contributed by atoms with Crippen molar-refractivity contribution in [2.45, 2.75) is 44.7 Å². The van der Waals surface area contributed by atoms with Gasteiger partial charge in [0.2, 0.25) is 11.8 Å². The van der Waals surface area contributed by atoms with Crippen LogP contribution in [0.25, 0.3) is 0 Å². The number of hydrogen-bond donors (Lipinski definition) is 1. The summed E-state index contributed by atoms with van der Waals surface area (Å²) in [5, 5.41) is 2.63. The third-order valence-corrected chi connectivity index (χ3v) is 8.81. The number of hydrogen-bond acceptors (Lipinski definition) is 5. The van der Waals surface area contributed by atoms with Crippen LogP contribution in [0, 0.1) is 13.8 Å². The van der Waals surface area contributed by atoms with Crippen LogP contribution in [0.1, 0.15) is 30.0 Å². The van der Waals surface area contributed by atoms with E-state index in [4.69, 9.17) is 4.74 Å². The van der Waals surface area contributed by atoms with Gasteiger partial charge in [-0.1, -0.05) is 54.4 Å². The van der Waals surface area contributed by atoms with E-state index in [1.165, 1.54) is 31.2 Å². The molecule has 0 aliphatic heterocycles. The first-order valence-electron chi connectivity index (χ1n) is 12.5. The van der Waals surface area contributed by atoms with Gasteiger partial charge in [0.1, 0.15) is 18.3 Å². The van der Waals surface area contributed by atoms with Gasteiger partial charge in [-0.3, -0.25) is 13.9 Å². The van der Waals surface area contributed by atoms with Crippen LogP contribution >= 0.6 is 15.9 Å². The van der Waals surface area contributed by atoms with Crippen LogP contribution < -0.4 is 14.4 Å². The van der Waals surface area contributed by atoms with Gasteiger partial charge in [0.05, 0.1) is 22.2 Å². The number of sulfonamides is 1. The SMILES string of the molecule is CC[C@H](C(=O)NC)N(Cc1ccc(C)cc1)C(=O)CN(c1ccc(C)cc1)S(=O)(=O)c1ccc(OC)c(Br)c1. The molecular weight excluding hydrogens is 582 g/mol. The molecule has 0 fully saturated rings. The molecule has 39 heavy (non-hydrogen) atoms. The van der Waals surface area contributed by atoms with Gasteiger partial charge in [-0.15, -0.1) is 0 Å². The summed E-state index contributed by atoms with van der Waals surface area (Å²) in [6.45, 7) is 5.34. The van der Waals surface area contributed by atoms with Crippen molar-refractivity contribution in [1.29, 1.82) is 0 Å². The van der Waals surface area contributed by atoms with Crippen LogP contribution in [-0.4, -0.2) is 51.9 Å². The van der Waals surface area contributed by atoms with Crippen molar-refractivity contribution < 1.29 is 22.7 Å². The molecule has 0 aromatic heterocycles. The van der Waals surface area contributed by atoms with E-state index >= 15 is 0 Å². The number of ether oxygens (including phenoxy) is 1. The molecule has 8 nitrogen and oxygen atoms in total. The summed E-state index contributed by atoms with van der Waals surface area (Å²) in [6, 6.07) is 18.2. The summed E-state index contributed by atoms with van der Waals surface area (Å²) in [7, 11) is -1.17. The van der Waals surface area contributed by atoms with Gasteiger partial charge in [-0.25, -0.2) is 8.42 Å². The van der Waals surface area contributed by atoms with E-state index in [1.807, 2.05) is 45.0 Å². The predicted molar refractivity (Wildman–Crippen MR) is 156 cm³/mol. The fourth-order valence-electron chi connectivity index (χ4n) is 4.15. The number of carbonyl (C=O) groups excluding carboxylic acids is 2. The van der Waals surface area contributed by atoms with Crippen molar-refractivity contribution in [3.8, 4) is 5.75 Å². The molecule has 3 rings (SSSR count). The second kappa shape index (κ2) is 13.1. The van der Waals surface area contributed by atoms with Gasteiger partial charge in [0.15, 0.2) is 0 Å². The number of rotatable bonds is 11. The molecule has 0 unspecified atom stereocenters. The minimum Gasteiger partial charge on any atom is -0.496 e. The largest absolute Gasteiger partial charge is 0.496 e. The van der Waals surface area contributed by atoms with Gasteiger partial charge < -0.3 is 15.0 Å². The first-order valence-corrected chi connectivity index (χ1v) is 14.7. The quantitative estimate of drug-likeness (QED) is 0.333. The van der Waals surface area contributed by atoms with Gasteiger partial charge in [0, 0.05) is 13.6 Å². The molecule has 3 aromatic carbocycles. The first-order chi connectivity index (χ1) is 18.5. The maximum atomic E-state index is 14.0. The zero-order valence-electron chi connectivity index (χ0n) is 22.8. The first kappa shape index (κ1) is 30.2. The van der Waals surface area contributed by atoms with E-state index in [1.54, 1.807) is 30.3 Å². The number of amides is 2. The van der Waals surface area contributed by atoms with Crippen LogP contribution in [0.3, 0.4) is 0 Å². The third-order valence-electron chi connectivity index (χ3n) is 6.42. The van der Waals surface area contributed by atoms with Crippen LogP contribution in [0.4, 0.5) is 5.69 Å². The Bertz CT molecular complexity index is 1410. The predicted octanol–water partition coefficient (Wildman–Crippen LogP) is 4.82. The molecule has 1 N–H and O–H groups in total. The summed E-state index contributed by atoms with van der Waals surface area (Å²) in [6.07, 6.45) is 0.361. The topological polar surface area (TPSA) is 96.0 Å². The summed E-state index contributed by atoms with van der Waals surface area (Å²) in [5.41, 5.74) is 3.18. The highest BCUT2D eigenvalue weighted by Gasteiger charge is 2.33. The number of carbonyl (C=O) groups is 2. The lowest BCUT2D eigenvalue weighted by molar-refractivity contribution is -0.140. The van der Waals surface area contributed by atoms with Crippen molar-refractivity contribution in [3.63, 3.8) is 0 Å². The van der Waals surface area contributed by atoms with Crippen molar-refractivity contribution >= 4 is 43.5 Å². The molecule has 2 amide bonds. The van der Waals surface area contributed by atoms with Gasteiger partial charge in [-0.2, -0.15) is 0 Å². The van der Waals surface area contributed by atoms with E-state index in [9.17, 15) is 18.0 Å². The highest BCUT2D eigenvalue weighted by atomic mass is 79.9. The lowest BCUT2D eigenvalue weighted by atomic mass is 10.1. The Morgan fingerprint density at radius 3 is 2.08 bits per heavy atom. The zero-order valence-corrected chi connectivity index (χ0v) is 25.2. The monoisotopic (exact) mass is 615 g/mol. The molecular formula is C29H34BrN3O5S. The molecule has 0 heterocycles. The average Bonchev–Trinajstić information content (AvgIpc) is 2.92. The number of likely N-dealkylation sites (N-methyl/N-ethyl adjacent to an activating group) is 1. The number of nitrogens with zero attached hydrogens (tertiary/aromatic N) is 2. The van der Waals surface area contributed by atoms with Crippen molar-refractivity contribution in [2.24, 2.45) is 0 Å². The third kappa shape index (κ3) is 7.19. The van der Waals surface area contributed by atoms with Gasteiger partial charge in [0.25, 0.3) is 10.0 Å². The minimum atomic E-state index is -4.18. The molecule has 1 atom stereocenters. The molecule has 0 aliphatic carbocycles. The smallest absolute Gasteiger partial charge is 0.264 e. The standard InChI is InChI=1S/C29H34BrN3O5S/c1-6-26(29(35)31-4)32(18-22-11-7-20(2)8-12-22)28(34)19-33(23-13-9-21(3)10-14-23)39(36,37)24-15-16-27(38-5)25(30)17-24/h7-17,26H,6,18-19H2,1-5H3,(H,31,35)/t26-/m1/s1. The molecule has 0 bridgehead atoms. The number of halogens is 1. The van der Waals surface area contributed by atoms with Crippen LogP contribution in [0.15, 0.2) is 76.1 Å². The Kier molecular flexibility index (Phi) is 10.2. The van der Waals surface area contributed by atoms with E-state index < -0.39 is 28.5 Å². The lowest BCUT2D eigenvalue weighted by Crippen LogP contribution is -2.51. The maximum Gasteiger partial charge on any atom is 0.264 e. The maximum absolute atomic E-state index is 14.0. The van der Waals surface area contributed by atoms with Crippen molar-refractivity contribution in [2.75, 3.05) is 25.0 Å². The molecule has 10 heteroatoms. The Labute approximate surface area is 239 Å². The molecule has 208 valence electrons. The fourth-order valence-corrected chi connectivity index (χ4v) is 6.28. The van der Waals surface area contributed by atoms with Crippen LogP contribution in [0.5, 0.6) is 5.75 Å². The molecule has 0 radical (unpaired) electrons. The summed E-state index contributed by atoms with van der Waals surface area (Å²) >= 11 is 3.36. The number of anilines is 1. The lowest BCUT2D eigenvalue weighted by Gasteiger charge is -2.33. The van der Waals surface area contributed by atoms with E-state index in [0.29, 0.717) is 22.3 Å². The van der Waals surface area contributed by atoms with E-state index in [-0.39, 0.29) is 17.3 Å². The highest BCUT2D eigenvalue weighted by molar-refractivity contribution is 9.10. The Morgan fingerprint density at radius 2 is 1.56 bits per heavy atom. The number of nitrogens with one attached hydrogen (secondary N) is 1. The Morgan fingerprint density at radius 1 is 0.974 bits per heavy atom. The van der Waals surface area contributed by atoms with Crippen molar-refractivity contribution in [1.82, 2.24) is 10.2 Å². The molecule has 3 aromatic rings. The second-order valence-corrected chi connectivity index (χ2v) is 11.9. The van der Waals surface area contributed by atoms with Gasteiger partial charge >= 0.3 is 0 Å². The summed E-state index contributed by atoms with van der Waals surface area (Å²) in [4.78, 5) is 28.2. The minimum absolute atomic E-state index is 0.00743. The Hall–Kier alpha value is -3.37. The van der Waals surface area contributed by atoms with Gasteiger partial charge in [-0.05, 0) is 72.1 Å². The molecule has 0 saturated heterocycles. The Balaban J connectivity index is 2.07. The summed E-state index contributed by atoms with van der Waals surface area (Å²) in [5.74, 6) is -0.336. The fraction of sp³-hybridized carbons (Fsp3) is 0.310. The van der Waals surface area contributed by atoms with E-state index in [0.717, 1.165) is 21.0 Å². The summed E-state index contributed by atoms with van der Waals surface area (Å²) < 4.78 is 34.7. The molecule has 0 saturated carbocycles. The molecule has 0 spiro atoms. The van der Waals surface area contributed by atoms with Crippen molar-refractivity contribution in [3.05, 3.63) is 87.9 Å². The number of benzene rings is 3. The van der Waals surface area contributed by atoms with Crippen LogP contribution in [-0.2, 0) is 26.2 Å².